The highest BCUT2D eigenvalue weighted by Crippen LogP contribution is 2.42. The molecule has 4 rings (SSSR count). The number of anilines is 1. The Labute approximate surface area is 236 Å². The predicted molar refractivity (Wildman–Crippen MR) is 153 cm³/mol. The van der Waals surface area contributed by atoms with E-state index in [2.05, 4.69) is 10.5 Å². The first-order valence-electron chi connectivity index (χ1n) is 13.2. The summed E-state index contributed by atoms with van der Waals surface area (Å²) in [6.07, 6.45) is -0.0203. The summed E-state index contributed by atoms with van der Waals surface area (Å²) >= 11 is 0. The zero-order valence-electron chi connectivity index (χ0n) is 22.9. The molecule has 0 fully saturated rings. The Morgan fingerprint density at radius 2 is 1.71 bits per heavy atom. The lowest BCUT2D eigenvalue weighted by Gasteiger charge is -2.17. The molecular weight excluding hydrogens is 529 g/mol. The number of carbonyl (C=O) groups is 2. The number of nitrogens with zero attached hydrogens (tertiary/aromatic N) is 2. The quantitative estimate of drug-likeness (QED) is 0.185. The first-order valence-corrected chi connectivity index (χ1v) is 13.2. The lowest BCUT2D eigenvalue weighted by atomic mass is 9.94. The van der Waals surface area contributed by atoms with Crippen molar-refractivity contribution >= 4 is 23.8 Å². The first kappa shape index (κ1) is 29.4. The molecule has 0 unspecified atom stereocenters. The molecule has 10 heteroatoms. The third kappa shape index (κ3) is 6.97. The van der Waals surface area contributed by atoms with Gasteiger partial charge in [0.2, 0.25) is 0 Å². The number of aliphatic carboxylic acids is 1. The van der Waals surface area contributed by atoms with Crippen molar-refractivity contribution in [1.82, 2.24) is 9.72 Å². The van der Waals surface area contributed by atoms with E-state index in [1.165, 1.54) is 18.2 Å². The summed E-state index contributed by atoms with van der Waals surface area (Å²) < 4.78 is 20.9. The third-order valence-electron chi connectivity index (χ3n) is 6.44. The van der Waals surface area contributed by atoms with Gasteiger partial charge in [0.05, 0.1) is 18.6 Å². The number of hydrogen-bond acceptors (Lipinski definition) is 6. The maximum atomic E-state index is 14.0. The number of aromatic nitrogens is 2. The highest BCUT2D eigenvalue weighted by molar-refractivity contribution is 6.11. The average Bonchev–Trinajstić information content (AvgIpc) is 3.48. The second kappa shape index (κ2) is 12.8. The maximum absolute atomic E-state index is 14.0. The van der Waals surface area contributed by atoms with Gasteiger partial charge in [-0.25, -0.2) is 4.39 Å². The number of amides is 1. The van der Waals surface area contributed by atoms with Gasteiger partial charge in [0.25, 0.3) is 5.91 Å². The number of nitrogens with one attached hydrogen (secondary N) is 1. The van der Waals surface area contributed by atoms with Crippen LogP contribution in [0.15, 0.2) is 71.3 Å². The molecule has 0 aliphatic carbocycles. The van der Waals surface area contributed by atoms with E-state index in [9.17, 15) is 24.2 Å². The summed E-state index contributed by atoms with van der Waals surface area (Å²) in [5.74, 6) is -1.28. The van der Waals surface area contributed by atoms with Gasteiger partial charge in [0.1, 0.15) is 17.3 Å². The van der Waals surface area contributed by atoms with E-state index < -0.39 is 36.3 Å². The van der Waals surface area contributed by atoms with Crippen molar-refractivity contribution in [2.75, 3.05) is 5.32 Å². The van der Waals surface area contributed by atoms with Gasteiger partial charge in [-0.3, -0.25) is 9.59 Å². The van der Waals surface area contributed by atoms with E-state index in [0.717, 1.165) is 5.56 Å². The van der Waals surface area contributed by atoms with E-state index in [1.54, 1.807) is 31.2 Å². The van der Waals surface area contributed by atoms with Gasteiger partial charge in [0.15, 0.2) is 5.82 Å². The molecule has 0 aliphatic heterocycles. The Bertz CT molecular complexity index is 1540. The van der Waals surface area contributed by atoms with Crippen LogP contribution in [0.5, 0.6) is 0 Å². The van der Waals surface area contributed by atoms with Crippen LogP contribution in [-0.2, 0) is 4.79 Å². The number of carbonyl (C=O) groups excluding carboxylic acids is 1. The molecule has 0 saturated heterocycles. The van der Waals surface area contributed by atoms with Crippen molar-refractivity contribution in [3.8, 4) is 22.3 Å². The molecule has 0 spiro atoms. The van der Waals surface area contributed by atoms with E-state index in [0.29, 0.717) is 33.8 Å². The molecule has 1 amide bonds. The fourth-order valence-electron chi connectivity index (χ4n) is 4.77. The van der Waals surface area contributed by atoms with Gasteiger partial charge >= 0.3 is 5.97 Å². The summed E-state index contributed by atoms with van der Waals surface area (Å²) in [7, 11) is 0. The smallest absolute Gasteiger partial charge is 0.305 e. The van der Waals surface area contributed by atoms with E-state index in [-0.39, 0.29) is 18.3 Å². The van der Waals surface area contributed by atoms with Crippen molar-refractivity contribution in [2.24, 2.45) is 0 Å². The van der Waals surface area contributed by atoms with Gasteiger partial charge in [-0.2, -0.15) is 0 Å². The van der Waals surface area contributed by atoms with Gasteiger partial charge in [-0.1, -0.05) is 53.7 Å². The number of aryl methyl sites for hydroxylation is 1. The third-order valence-corrected chi connectivity index (χ3v) is 6.44. The second-order valence-electron chi connectivity index (χ2n) is 10.0. The number of halogens is 1. The zero-order valence-corrected chi connectivity index (χ0v) is 22.9. The summed E-state index contributed by atoms with van der Waals surface area (Å²) in [6.45, 7) is 5.53. The lowest BCUT2D eigenvalue weighted by molar-refractivity contribution is -0.139. The van der Waals surface area contributed by atoms with Gasteiger partial charge in [-0.05, 0) is 50.1 Å². The largest absolute Gasteiger partial charge is 0.481 e. The molecule has 41 heavy (non-hydrogen) atoms. The molecule has 2 heterocycles. The molecule has 2 aromatic carbocycles. The fraction of sp³-hybridized carbons (Fsp3) is 0.258. The van der Waals surface area contributed by atoms with Gasteiger partial charge < -0.3 is 29.7 Å². The standard InChI is InChI=1S/C31H32FN3O6/c1-18(2)35-25(14-13-23(36)16-24(37)17-27(38)39)28(21-9-11-22(32)12-10-21)29(20-7-5-4-6-8-20)30(35)31(40)33-26-15-19(3)41-34-26/h4-15,18,23-24,36-37H,16-17H2,1-3H3,(H,38,39)(H,33,34,40)/b14-13+/t23-,24-/m1/s1. The SMILES string of the molecule is Cc1cc(NC(=O)c2c(-c3ccccc3)c(-c3ccc(F)cc3)c(/C=C/[C@@H](O)C[C@@H](O)CC(=O)O)n2C(C)C)no1. The summed E-state index contributed by atoms with van der Waals surface area (Å²) in [4.78, 5) is 24.9. The Balaban J connectivity index is 1.95. The number of carboxylic acids is 1. The minimum atomic E-state index is -1.24. The van der Waals surface area contributed by atoms with Crippen molar-refractivity contribution in [2.45, 2.75) is 51.9 Å². The number of carboxylic acid groups (broad SMARTS) is 1. The molecule has 0 radical (unpaired) electrons. The number of rotatable bonds is 11. The van der Waals surface area contributed by atoms with Crippen molar-refractivity contribution < 1.29 is 33.8 Å². The normalized spacial score (nSPS) is 13.0. The van der Waals surface area contributed by atoms with Crippen LogP contribution in [0.1, 0.15) is 54.7 Å². The van der Waals surface area contributed by atoms with Crippen LogP contribution >= 0.6 is 0 Å². The van der Waals surface area contributed by atoms with Gasteiger partial charge in [-0.15, -0.1) is 0 Å². The Kier molecular flexibility index (Phi) is 9.16. The second-order valence-corrected chi connectivity index (χ2v) is 10.0. The minimum Gasteiger partial charge on any atom is -0.481 e. The molecule has 0 saturated carbocycles. The van der Waals surface area contributed by atoms with Crippen LogP contribution in [0.2, 0.25) is 0 Å². The maximum Gasteiger partial charge on any atom is 0.305 e. The Morgan fingerprint density at radius 3 is 2.29 bits per heavy atom. The van der Waals surface area contributed by atoms with Crippen LogP contribution in [0, 0.1) is 12.7 Å². The molecule has 0 aliphatic rings. The number of aliphatic hydroxyl groups is 2. The molecule has 4 aromatic rings. The van der Waals surface area contributed by atoms with Crippen molar-refractivity contribution in [3.63, 3.8) is 0 Å². The Morgan fingerprint density at radius 1 is 1.05 bits per heavy atom. The molecule has 214 valence electrons. The van der Waals surface area contributed by atoms with Crippen LogP contribution < -0.4 is 5.32 Å². The van der Waals surface area contributed by atoms with Crippen molar-refractivity contribution in [1.29, 1.82) is 0 Å². The minimum absolute atomic E-state index is 0.193. The fourth-order valence-corrected chi connectivity index (χ4v) is 4.77. The van der Waals surface area contributed by atoms with Crippen LogP contribution in [0.3, 0.4) is 0 Å². The van der Waals surface area contributed by atoms with Crippen LogP contribution in [-0.4, -0.2) is 49.1 Å². The summed E-state index contributed by atoms with van der Waals surface area (Å²) in [5.41, 5.74) is 3.45. The lowest BCUT2D eigenvalue weighted by Crippen LogP contribution is -2.20. The number of hydrogen-bond donors (Lipinski definition) is 4. The van der Waals surface area contributed by atoms with E-state index in [1.807, 2.05) is 48.7 Å². The van der Waals surface area contributed by atoms with Crippen molar-refractivity contribution in [3.05, 3.63) is 89.7 Å². The summed E-state index contributed by atoms with van der Waals surface area (Å²) in [6, 6.07) is 16.6. The van der Waals surface area contributed by atoms with E-state index in [4.69, 9.17) is 9.63 Å². The topological polar surface area (TPSA) is 138 Å². The van der Waals surface area contributed by atoms with Gasteiger partial charge in [0, 0.05) is 35.3 Å². The molecule has 2 atom stereocenters. The first-order chi connectivity index (χ1) is 19.5. The monoisotopic (exact) mass is 561 g/mol. The van der Waals surface area contributed by atoms with Crippen LogP contribution in [0.25, 0.3) is 28.3 Å². The average molecular weight is 562 g/mol. The Hall–Kier alpha value is -4.54. The molecule has 4 N–H and O–H groups in total. The molecule has 9 nitrogen and oxygen atoms in total. The highest BCUT2D eigenvalue weighted by atomic mass is 19.1. The number of aliphatic hydroxyl groups excluding tert-OH is 2. The highest BCUT2D eigenvalue weighted by Gasteiger charge is 2.30. The molecule has 0 bridgehead atoms. The molecular formula is C31H32FN3O6. The number of benzene rings is 2. The summed E-state index contributed by atoms with van der Waals surface area (Å²) in [5, 5.41) is 36.3. The van der Waals surface area contributed by atoms with Crippen LogP contribution in [0.4, 0.5) is 10.2 Å². The van der Waals surface area contributed by atoms with E-state index >= 15 is 0 Å². The molecule has 2 aromatic heterocycles. The zero-order chi connectivity index (χ0) is 29.7. The predicted octanol–water partition coefficient (Wildman–Crippen LogP) is 5.69.